The summed E-state index contributed by atoms with van der Waals surface area (Å²) in [6.45, 7) is 11.1. The standard InChI is InChI=1S/C24H34N4O3/c1-17(2)30-14-6-11-25-24(29)20-9-12-28(13-10-20)22-15-23(27-16-26-22)31-21-8-5-7-18(3)19(21)4/h5,7-8,15-17,20H,6,9-14H2,1-4H3,(H,25,29). The van der Waals surface area contributed by atoms with Crippen LogP contribution in [0.25, 0.3) is 0 Å². The normalized spacial score (nSPS) is 14.7. The summed E-state index contributed by atoms with van der Waals surface area (Å²) in [5.41, 5.74) is 2.28. The molecule has 1 saturated heterocycles. The number of hydrogen-bond acceptors (Lipinski definition) is 6. The van der Waals surface area contributed by atoms with Crippen molar-refractivity contribution in [2.45, 2.75) is 53.1 Å². The van der Waals surface area contributed by atoms with Gasteiger partial charge in [-0.25, -0.2) is 9.97 Å². The molecule has 0 bridgehead atoms. The lowest BCUT2D eigenvalue weighted by atomic mass is 9.96. The number of aromatic nitrogens is 2. The fourth-order valence-electron chi connectivity index (χ4n) is 3.62. The number of rotatable bonds is 9. The smallest absolute Gasteiger partial charge is 0.224 e. The number of carbonyl (C=O) groups excluding carboxylic acids is 1. The van der Waals surface area contributed by atoms with E-state index in [1.54, 1.807) is 0 Å². The Hall–Kier alpha value is -2.67. The molecule has 0 aliphatic carbocycles. The van der Waals surface area contributed by atoms with Gasteiger partial charge in [-0.05, 0) is 64.2 Å². The van der Waals surface area contributed by atoms with Crippen LogP contribution < -0.4 is 15.0 Å². The maximum Gasteiger partial charge on any atom is 0.224 e. The summed E-state index contributed by atoms with van der Waals surface area (Å²) in [5.74, 6) is 2.36. The van der Waals surface area contributed by atoms with E-state index in [-0.39, 0.29) is 17.9 Å². The van der Waals surface area contributed by atoms with Crippen LogP contribution in [-0.2, 0) is 9.53 Å². The highest BCUT2D eigenvalue weighted by Crippen LogP contribution is 2.28. The molecule has 1 N–H and O–H groups in total. The molecule has 1 amide bonds. The molecule has 31 heavy (non-hydrogen) atoms. The van der Waals surface area contributed by atoms with Crippen molar-refractivity contribution < 1.29 is 14.3 Å². The zero-order valence-electron chi connectivity index (χ0n) is 19.1. The molecule has 0 saturated carbocycles. The van der Waals surface area contributed by atoms with Gasteiger partial charge >= 0.3 is 0 Å². The largest absolute Gasteiger partial charge is 0.439 e. The van der Waals surface area contributed by atoms with E-state index in [4.69, 9.17) is 9.47 Å². The van der Waals surface area contributed by atoms with Gasteiger partial charge in [0.15, 0.2) is 0 Å². The van der Waals surface area contributed by atoms with Crippen LogP contribution in [0.15, 0.2) is 30.6 Å². The number of amides is 1. The number of nitrogens with one attached hydrogen (secondary N) is 1. The van der Waals surface area contributed by atoms with Crippen molar-refractivity contribution in [3.8, 4) is 11.6 Å². The molecule has 0 unspecified atom stereocenters. The van der Waals surface area contributed by atoms with Gasteiger partial charge in [-0.1, -0.05) is 12.1 Å². The lowest BCUT2D eigenvalue weighted by Crippen LogP contribution is -2.41. The molecule has 1 fully saturated rings. The molecule has 2 heterocycles. The lowest BCUT2D eigenvalue weighted by Gasteiger charge is -2.32. The summed E-state index contributed by atoms with van der Waals surface area (Å²) in [6.07, 6.45) is 4.23. The van der Waals surface area contributed by atoms with Crippen molar-refractivity contribution in [3.63, 3.8) is 0 Å². The summed E-state index contributed by atoms with van der Waals surface area (Å²) in [5, 5.41) is 3.04. The van der Waals surface area contributed by atoms with Gasteiger partial charge in [0.1, 0.15) is 17.9 Å². The fourth-order valence-corrected chi connectivity index (χ4v) is 3.62. The van der Waals surface area contributed by atoms with Crippen LogP contribution in [-0.4, -0.2) is 48.2 Å². The summed E-state index contributed by atoms with van der Waals surface area (Å²) < 4.78 is 11.5. The van der Waals surface area contributed by atoms with Gasteiger partial charge in [-0.3, -0.25) is 4.79 Å². The van der Waals surface area contributed by atoms with E-state index in [9.17, 15) is 4.79 Å². The highest BCUT2D eigenvalue weighted by Gasteiger charge is 2.25. The Morgan fingerprint density at radius 3 is 2.74 bits per heavy atom. The number of ether oxygens (including phenoxy) is 2. The topological polar surface area (TPSA) is 76.6 Å². The number of piperidine rings is 1. The molecule has 1 aromatic heterocycles. The Bertz CT molecular complexity index is 864. The number of nitrogens with zero attached hydrogens (tertiary/aromatic N) is 3. The Kier molecular flexibility index (Phi) is 8.23. The molecule has 1 aliphatic heterocycles. The first-order valence-corrected chi connectivity index (χ1v) is 11.1. The molecular weight excluding hydrogens is 392 g/mol. The Labute approximate surface area is 185 Å². The first kappa shape index (κ1) is 23.0. The predicted molar refractivity (Wildman–Crippen MR) is 122 cm³/mol. The zero-order chi connectivity index (χ0) is 22.2. The molecule has 168 valence electrons. The van der Waals surface area contributed by atoms with Gasteiger partial charge < -0.3 is 19.7 Å². The number of hydrogen-bond donors (Lipinski definition) is 1. The van der Waals surface area contributed by atoms with E-state index >= 15 is 0 Å². The van der Waals surface area contributed by atoms with E-state index in [0.29, 0.717) is 19.0 Å². The third kappa shape index (κ3) is 6.66. The predicted octanol–water partition coefficient (Wildman–Crippen LogP) is 4.03. The van der Waals surface area contributed by atoms with Crippen molar-refractivity contribution in [2.24, 2.45) is 5.92 Å². The number of benzene rings is 1. The highest BCUT2D eigenvalue weighted by atomic mass is 16.5. The van der Waals surface area contributed by atoms with Gasteiger partial charge in [0.2, 0.25) is 11.8 Å². The molecule has 0 spiro atoms. The van der Waals surface area contributed by atoms with E-state index in [0.717, 1.165) is 49.5 Å². The maximum atomic E-state index is 12.4. The van der Waals surface area contributed by atoms with Crippen molar-refractivity contribution >= 4 is 11.7 Å². The van der Waals surface area contributed by atoms with Gasteiger partial charge in [0, 0.05) is 38.2 Å². The van der Waals surface area contributed by atoms with Crippen LogP contribution in [0.1, 0.15) is 44.2 Å². The van der Waals surface area contributed by atoms with Crippen molar-refractivity contribution in [1.29, 1.82) is 0 Å². The van der Waals surface area contributed by atoms with Crippen LogP contribution in [0.2, 0.25) is 0 Å². The Morgan fingerprint density at radius 2 is 2.00 bits per heavy atom. The molecule has 3 rings (SSSR count). The van der Waals surface area contributed by atoms with Gasteiger partial charge in [0.25, 0.3) is 0 Å². The molecular formula is C24H34N4O3. The molecule has 1 aliphatic rings. The van der Waals surface area contributed by atoms with Crippen LogP contribution in [0.3, 0.4) is 0 Å². The lowest BCUT2D eigenvalue weighted by molar-refractivity contribution is -0.125. The average Bonchev–Trinajstić information content (AvgIpc) is 2.77. The first-order valence-electron chi connectivity index (χ1n) is 11.1. The minimum Gasteiger partial charge on any atom is -0.439 e. The first-order chi connectivity index (χ1) is 14.9. The Balaban J connectivity index is 1.49. The molecule has 7 nitrogen and oxygen atoms in total. The number of anilines is 1. The monoisotopic (exact) mass is 426 g/mol. The van der Waals surface area contributed by atoms with Gasteiger partial charge in [-0.15, -0.1) is 0 Å². The minimum atomic E-state index is 0.0507. The van der Waals surface area contributed by atoms with Crippen LogP contribution in [0.4, 0.5) is 5.82 Å². The summed E-state index contributed by atoms with van der Waals surface area (Å²) in [6, 6.07) is 7.86. The summed E-state index contributed by atoms with van der Waals surface area (Å²) in [4.78, 5) is 23.3. The minimum absolute atomic E-state index is 0.0507. The second-order valence-corrected chi connectivity index (χ2v) is 8.34. The highest BCUT2D eigenvalue weighted by molar-refractivity contribution is 5.78. The van der Waals surface area contributed by atoms with E-state index in [1.807, 2.05) is 39.0 Å². The van der Waals surface area contributed by atoms with Gasteiger partial charge in [0.05, 0.1) is 6.10 Å². The molecule has 0 atom stereocenters. The molecule has 7 heteroatoms. The summed E-state index contributed by atoms with van der Waals surface area (Å²) >= 11 is 0. The summed E-state index contributed by atoms with van der Waals surface area (Å²) in [7, 11) is 0. The molecule has 2 aromatic rings. The number of carbonyl (C=O) groups is 1. The van der Waals surface area contributed by atoms with Crippen molar-refractivity contribution in [3.05, 3.63) is 41.7 Å². The quantitative estimate of drug-likeness (QED) is 0.610. The Morgan fingerprint density at radius 1 is 1.23 bits per heavy atom. The van der Waals surface area contributed by atoms with E-state index in [1.165, 1.54) is 11.9 Å². The van der Waals surface area contributed by atoms with Crippen LogP contribution >= 0.6 is 0 Å². The van der Waals surface area contributed by atoms with Crippen LogP contribution in [0.5, 0.6) is 11.6 Å². The molecule has 0 radical (unpaired) electrons. The van der Waals surface area contributed by atoms with E-state index in [2.05, 4.69) is 33.2 Å². The zero-order valence-corrected chi connectivity index (χ0v) is 19.1. The van der Waals surface area contributed by atoms with Crippen molar-refractivity contribution in [2.75, 3.05) is 31.1 Å². The van der Waals surface area contributed by atoms with Crippen LogP contribution in [0, 0.1) is 19.8 Å². The third-order valence-electron chi connectivity index (χ3n) is 5.66. The maximum absolute atomic E-state index is 12.4. The van der Waals surface area contributed by atoms with Gasteiger partial charge in [-0.2, -0.15) is 0 Å². The second-order valence-electron chi connectivity index (χ2n) is 8.34. The number of aryl methyl sites for hydroxylation is 1. The SMILES string of the molecule is Cc1cccc(Oc2cc(N3CCC(C(=O)NCCCOC(C)C)CC3)ncn2)c1C. The van der Waals surface area contributed by atoms with Crippen molar-refractivity contribution in [1.82, 2.24) is 15.3 Å². The van der Waals surface area contributed by atoms with E-state index < -0.39 is 0 Å². The average molecular weight is 427 g/mol. The molecule has 1 aromatic carbocycles. The second kappa shape index (κ2) is 11.1. The fraction of sp³-hybridized carbons (Fsp3) is 0.542. The third-order valence-corrected chi connectivity index (χ3v) is 5.66.